The van der Waals surface area contributed by atoms with Gasteiger partial charge in [0, 0.05) is 19.5 Å². The smallest absolute Gasteiger partial charge is 0.306 e. The number of hydrogen-bond acceptors (Lipinski definition) is 7. The minimum absolute atomic E-state index is 0.0728. The summed E-state index contributed by atoms with van der Waals surface area (Å²) in [6, 6.07) is 16.4. The first-order valence-electron chi connectivity index (χ1n) is 15.7. The SMILES string of the molecule is CC[C@@H](CO)N1C(=O)[C@@H]2[C@H]3C(=O)N[C@@H](c4ccccc4)COC(=O)CC/C=C\CN(Cc4ccccc4)C(=O)[C@@H]1[C@]21C=C[C@H]3O1. The highest BCUT2D eigenvalue weighted by atomic mass is 16.5. The molecule has 236 valence electrons. The number of aliphatic hydroxyl groups excluding tert-OH is 1. The fraction of sp³-hybridized carbons (Fsp3) is 0.429. The molecular formula is C35H39N3O7. The van der Waals surface area contributed by atoms with Gasteiger partial charge < -0.3 is 29.7 Å². The van der Waals surface area contributed by atoms with E-state index < -0.39 is 53.5 Å². The van der Waals surface area contributed by atoms with Crippen LogP contribution in [0.1, 0.15) is 43.4 Å². The summed E-state index contributed by atoms with van der Waals surface area (Å²) in [4.78, 5) is 59.0. The van der Waals surface area contributed by atoms with Crippen molar-refractivity contribution in [2.24, 2.45) is 11.8 Å². The average molecular weight is 614 g/mol. The van der Waals surface area contributed by atoms with Crippen LogP contribution in [0.25, 0.3) is 0 Å². The Morgan fingerprint density at radius 1 is 1.00 bits per heavy atom. The van der Waals surface area contributed by atoms with E-state index in [1.54, 1.807) is 17.1 Å². The lowest BCUT2D eigenvalue weighted by molar-refractivity contribution is -0.151. The van der Waals surface area contributed by atoms with Crippen LogP contribution in [0.3, 0.4) is 0 Å². The van der Waals surface area contributed by atoms with E-state index >= 15 is 0 Å². The molecule has 5 bridgehead atoms. The Morgan fingerprint density at radius 2 is 1.73 bits per heavy atom. The fourth-order valence-corrected chi connectivity index (χ4v) is 7.15. The number of fused-ring (bicyclic) bond motifs is 2. The van der Waals surface area contributed by atoms with Crippen molar-refractivity contribution in [1.82, 2.24) is 15.1 Å². The number of esters is 1. The van der Waals surface area contributed by atoms with Gasteiger partial charge in [-0.15, -0.1) is 0 Å². The van der Waals surface area contributed by atoms with Crippen molar-refractivity contribution in [3.8, 4) is 0 Å². The van der Waals surface area contributed by atoms with Gasteiger partial charge in [0.2, 0.25) is 17.7 Å². The summed E-state index contributed by atoms with van der Waals surface area (Å²) in [5.41, 5.74) is 0.287. The summed E-state index contributed by atoms with van der Waals surface area (Å²) >= 11 is 0. The van der Waals surface area contributed by atoms with E-state index in [0.717, 1.165) is 11.1 Å². The molecule has 45 heavy (non-hydrogen) atoms. The molecule has 0 aliphatic carbocycles. The van der Waals surface area contributed by atoms with Crippen LogP contribution in [-0.4, -0.2) is 82.1 Å². The lowest BCUT2D eigenvalue weighted by atomic mass is 9.74. The lowest BCUT2D eigenvalue weighted by Crippen LogP contribution is -2.58. The Hall–Kier alpha value is -4.28. The first-order valence-corrected chi connectivity index (χ1v) is 15.7. The van der Waals surface area contributed by atoms with Crippen molar-refractivity contribution in [1.29, 1.82) is 0 Å². The number of nitrogens with one attached hydrogen (secondary N) is 1. The highest BCUT2D eigenvalue weighted by Crippen LogP contribution is 2.56. The van der Waals surface area contributed by atoms with Crippen LogP contribution in [0, 0.1) is 11.8 Å². The molecule has 4 aliphatic heterocycles. The molecule has 3 amide bonds. The minimum atomic E-state index is -1.37. The van der Waals surface area contributed by atoms with Gasteiger partial charge in [-0.3, -0.25) is 19.2 Å². The third-order valence-corrected chi connectivity index (χ3v) is 9.39. The van der Waals surface area contributed by atoms with E-state index in [9.17, 15) is 24.3 Å². The summed E-state index contributed by atoms with van der Waals surface area (Å²) in [6.07, 6.45) is 7.48. The molecule has 2 aromatic rings. The zero-order chi connectivity index (χ0) is 31.6. The highest BCUT2D eigenvalue weighted by molar-refractivity contribution is 6.00. The summed E-state index contributed by atoms with van der Waals surface area (Å²) in [5, 5.41) is 13.4. The molecule has 0 aromatic heterocycles. The first kappa shape index (κ1) is 30.7. The van der Waals surface area contributed by atoms with Gasteiger partial charge in [-0.1, -0.05) is 91.9 Å². The van der Waals surface area contributed by atoms with Crippen LogP contribution in [-0.2, 0) is 35.2 Å². The van der Waals surface area contributed by atoms with Crippen molar-refractivity contribution in [2.75, 3.05) is 19.8 Å². The van der Waals surface area contributed by atoms with Gasteiger partial charge in [0.15, 0.2) is 0 Å². The third kappa shape index (κ3) is 5.68. The minimum Gasteiger partial charge on any atom is -0.463 e. The Kier molecular flexibility index (Phi) is 8.87. The van der Waals surface area contributed by atoms with Crippen molar-refractivity contribution in [2.45, 2.75) is 62.6 Å². The molecule has 2 aromatic carbocycles. The number of aliphatic hydroxyl groups is 1. The number of rotatable bonds is 6. The lowest BCUT2D eigenvalue weighted by Gasteiger charge is -2.38. The molecule has 2 N–H and O–H groups in total. The fourth-order valence-electron chi connectivity index (χ4n) is 7.15. The summed E-state index contributed by atoms with van der Waals surface area (Å²) in [7, 11) is 0. The maximum atomic E-state index is 14.7. The van der Waals surface area contributed by atoms with Crippen LogP contribution in [0.5, 0.6) is 0 Å². The van der Waals surface area contributed by atoms with Crippen LogP contribution in [0.15, 0.2) is 85.0 Å². The van der Waals surface area contributed by atoms with E-state index in [1.165, 1.54) is 4.90 Å². The van der Waals surface area contributed by atoms with E-state index in [4.69, 9.17) is 9.47 Å². The Balaban J connectivity index is 1.42. The van der Waals surface area contributed by atoms with Crippen molar-refractivity contribution < 1.29 is 33.8 Å². The molecule has 0 radical (unpaired) electrons. The van der Waals surface area contributed by atoms with E-state index in [1.807, 2.05) is 79.7 Å². The normalized spacial score (nSPS) is 31.5. The van der Waals surface area contributed by atoms with Gasteiger partial charge in [0.1, 0.15) is 18.2 Å². The predicted octanol–water partition coefficient (Wildman–Crippen LogP) is 2.69. The van der Waals surface area contributed by atoms with Gasteiger partial charge >= 0.3 is 5.97 Å². The number of benzene rings is 2. The number of carbonyl (C=O) groups excluding carboxylic acids is 4. The van der Waals surface area contributed by atoms with Crippen LogP contribution in [0.2, 0.25) is 0 Å². The summed E-state index contributed by atoms with van der Waals surface area (Å²) in [6.45, 7) is 1.95. The average Bonchev–Trinajstić information content (AvgIpc) is 3.70. The quantitative estimate of drug-likeness (QED) is 0.379. The van der Waals surface area contributed by atoms with Crippen molar-refractivity contribution in [3.05, 3.63) is 96.1 Å². The standard InChI is InChI=1S/C35H39N3O7/c1-2-25(21-39)38-31-34(43)37(20-23-12-6-3-7-13-23)19-11-5-10-16-28(40)44-22-26(24-14-8-4-9-15-24)36-32(41)29-27-17-18-35(31,45-27)30(29)33(38)42/h3-9,11-15,17-18,25-27,29-31,39H,2,10,16,19-22H2,1H3,(H,36,41)/b11-5-/t25-,26+,27+,29-,30-,31+,35-/m0/s1. The number of carbonyl (C=O) groups is 4. The molecule has 10 heteroatoms. The van der Waals surface area contributed by atoms with Crippen molar-refractivity contribution >= 4 is 23.7 Å². The van der Waals surface area contributed by atoms with Gasteiger partial charge in [-0.05, 0) is 24.0 Å². The van der Waals surface area contributed by atoms with E-state index in [-0.39, 0.29) is 44.5 Å². The maximum absolute atomic E-state index is 14.7. The zero-order valence-corrected chi connectivity index (χ0v) is 25.3. The van der Waals surface area contributed by atoms with Crippen molar-refractivity contribution in [3.63, 3.8) is 0 Å². The summed E-state index contributed by atoms with van der Waals surface area (Å²) < 4.78 is 12.1. The van der Waals surface area contributed by atoms with Gasteiger partial charge in [-0.25, -0.2) is 0 Å². The third-order valence-electron chi connectivity index (χ3n) is 9.39. The van der Waals surface area contributed by atoms with Crippen LogP contribution >= 0.6 is 0 Å². The number of allylic oxidation sites excluding steroid dienone is 1. The molecule has 4 aliphatic rings. The monoisotopic (exact) mass is 613 g/mol. The maximum Gasteiger partial charge on any atom is 0.306 e. The van der Waals surface area contributed by atoms with Gasteiger partial charge in [0.05, 0.1) is 36.6 Å². The highest BCUT2D eigenvalue weighted by Gasteiger charge is 2.73. The largest absolute Gasteiger partial charge is 0.463 e. The number of ether oxygens (including phenoxy) is 2. The Labute approximate surface area is 262 Å². The van der Waals surface area contributed by atoms with Gasteiger partial charge in [0.25, 0.3) is 0 Å². The molecule has 7 atom stereocenters. The van der Waals surface area contributed by atoms with E-state index in [0.29, 0.717) is 12.8 Å². The molecule has 1 spiro atoms. The second-order valence-electron chi connectivity index (χ2n) is 12.1. The molecule has 10 nitrogen and oxygen atoms in total. The summed E-state index contributed by atoms with van der Waals surface area (Å²) in [5.74, 6) is -3.43. The molecule has 0 unspecified atom stereocenters. The topological polar surface area (TPSA) is 125 Å². The number of likely N-dealkylation sites (tertiary alicyclic amines) is 1. The van der Waals surface area contributed by atoms with Crippen LogP contribution in [0.4, 0.5) is 0 Å². The van der Waals surface area contributed by atoms with Gasteiger partial charge in [-0.2, -0.15) is 0 Å². The molecule has 4 heterocycles. The Bertz CT molecular complexity index is 1470. The number of hydrogen-bond donors (Lipinski definition) is 2. The molecular weight excluding hydrogens is 574 g/mol. The predicted molar refractivity (Wildman–Crippen MR) is 164 cm³/mol. The molecule has 2 saturated heterocycles. The number of amides is 3. The van der Waals surface area contributed by atoms with E-state index in [2.05, 4.69) is 5.32 Å². The number of cyclic esters (lactones) is 1. The van der Waals surface area contributed by atoms with Crippen LogP contribution < -0.4 is 5.32 Å². The second kappa shape index (κ2) is 13.0. The molecule has 0 saturated carbocycles. The molecule has 6 rings (SSSR count). The molecule has 2 fully saturated rings. The second-order valence-corrected chi connectivity index (χ2v) is 12.1. The number of nitrogens with zero attached hydrogens (tertiary/aromatic N) is 2. The first-order chi connectivity index (χ1) is 21.9. The zero-order valence-electron chi connectivity index (χ0n) is 25.3. The Morgan fingerprint density at radius 3 is 2.44 bits per heavy atom.